The third kappa shape index (κ3) is 2.98. The van der Waals surface area contributed by atoms with Crippen molar-refractivity contribution >= 4 is 5.91 Å². The minimum absolute atomic E-state index is 0.0214. The first-order valence-electron chi connectivity index (χ1n) is 7.70. The number of hydrogen-bond acceptors (Lipinski definition) is 6. The van der Waals surface area contributed by atoms with Gasteiger partial charge in [0, 0.05) is 25.0 Å². The molecule has 0 spiro atoms. The highest BCUT2D eigenvalue weighted by molar-refractivity contribution is 5.90. The summed E-state index contributed by atoms with van der Waals surface area (Å²) in [7, 11) is 0. The van der Waals surface area contributed by atoms with Gasteiger partial charge in [-0.3, -0.25) is 9.78 Å². The van der Waals surface area contributed by atoms with Crippen molar-refractivity contribution in [1.29, 1.82) is 0 Å². The van der Waals surface area contributed by atoms with E-state index >= 15 is 0 Å². The molecule has 0 radical (unpaired) electrons. The van der Waals surface area contributed by atoms with Gasteiger partial charge in [0.25, 0.3) is 0 Å². The van der Waals surface area contributed by atoms with Gasteiger partial charge >= 0.3 is 11.8 Å². The van der Waals surface area contributed by atoms with Gasteiger partial charge in [0.1, 0.15) is 5.69 Å². The van der Waals surface area contributed by atoms with Gasteiger partial charge in [-0.2, -0.15) is 4.98 Å². The zero-order valence-corrected chi connectivity index (χ0v) is 12.6. The van der Waals surface area contributed by atoms with E-state index in [2.05, 4.69) is 20.1 Å². The van der Waals surface area contributed by atoms with E-state index in [0.29, 0.717) is 12.2 Å². The molecule has 0 N–H and O–H groups in total. The largest absolute Gasteiger partial charge is 0.332 e. The molecule has 2 aromatic rings. The molecule has 0 atom stereocenters. The van der Waals surface area contributed by atoms with Gasteiger partial charge in [-0.05, 0) is 19.8 Å². The Kier molecular flexibility index (Phi) is 4.41. The minimum atomic E-state index is -0.197. The Morgan fingerprint density at radius 3 is 2.82 bits per heavy atom. The van der Waals surface area contributed by atoms with Crippen molar-refractivity contribution in [3.63, 3.8) is 0 Å². The Labute approximate surface area is 128 Å². The van der Waals surface area contributed by atoms with Crippen LogP contribution in [0.3, 0.4) is 0 Å². The number of amides is 1. The Morgan fingerprint density at radius 1 is 1.32 bits per heavy atom. The van der Waals surface area contributed by atoms with E-state index in [1.165, 1.54) is 25.5 Å². The molecule has 7 nitrogen and oxygen atoms in total. The number of rotatable bonds is 4. The molecule has 1 fully saturated rings. The van der Waals surface area contributed by atoms with Crippen molar-refractivity contribution in [2.45, 2.75) is 45.1 Å². The SMILES string of the molecule is CCN(C(=O)c1nc(-c2cnccn2)no1)C1CCCCC1. The standard InChI is InChI=1S/C15H19N5O2/c1-2-20(11-6-4-3-5-7-11)15(21)14-18-13(19-22-14)12-10-16-8-9-17-12/h8-11H,2-7H2,1H3. The number of aromatic nitrogens is 4. The van der Waals surface area contributed by atoms with E-state index in [1.54, 1.807) is 12.4 Å². The molecule has 3 rings (SSSR count). The molecule has 1 amide bonds. The van der Waals surface area contributed by atoms with Crippen molar-refractivity contribution in [2.75, 3.05) is 6.54 Å². The average Bonchev–Trinajstić information content (AvgIpc) is 3.07. The molecule has 1 aliphatic rings. The van der Waals surface area contributed by atoms with Gasteiger partial charge in [0.15, 0.2) is 0 Å². The molecule has 0 saturated heterocycles. The second kappa shape index (κ2) is 6.64. The third-order valence-electron chi connectivity index (χ3n) is 4.02. The van der Waals surface area contributed by atoms with Crippen LogP contribution in [-0.2, 0) is 0 Å². The highest BCUT2D eigenvalue weighted by atomic mass is 16.5. The summed E-state index contributed by atoms with van der Waals surface area (Å²) in [6.07, 6.45) is 10.3. The molecule has 22 heavy (non-hydrogen) atoms. The fourth-order valence-electron chi connectivity index (χ4n) is 2.91. The molecule has 0 aromatic carbocycles. The number of nitrogens with zero attached hydrogens (tertiary/aromatic N) is 5. The lowest BCUT2D eigenvalue weighted by Crippen LogP contribution is -2.41. The van der Waals surface area contributed by atoms with E-state index in [9.17, 15) is 4.79 Å². The maximum Gasteiger partial charge on any atom is 0.316 e. The maximum absolute atomic E-state index is 12.6. The lowest BCUT2D eigenvalue weighted by molar-refractivity contribution is 0.0597. The molecule has 116 valence electrons. The maximum atomic E-state index is 12.6. The fraction of sp³-hybridized carbons (Fsp3) is 0.533. The average molecular weight is 301 g/mol. The van der Waals surface area contributed by atoms with Crippen molar-refractivity contribution in [2.24, 2.45) is 0 Å². The first kappa shape index (κ1) is 14.6. The number of carbonyl (C=O) groups is 1. The molecule has 2 heterocycles. The molecule has 1 saturated carbocycles. The summed E-state index contributed by atoms with van der Waals surface area (Å²) in [4.78, 5) is 26.7. The second-order valence-electron chi connectivity index (χ2n) is 5.40. The topological polar surface area (TPSA) is 85.0 Å². The second-order valence-corrected chi connectivity index (χ2v) is 5.40. The molecule has 7 heteroatoms. The lowest BCUT2D eigenvalue weighted by atomic mass is 9.94. The Bertz CT molecular complexity index is 622. The van der Waals surface area contributed by atoms with Crippen LogP contribution >= 0.6 is 0 Å². The highest BCUT2D eigenvalue weighted by Gasteiger charge is 2.28. The highest BCUT2D eigenvalue weighted by Crippen LogP contribution is 2.24. The Balaban J connectivity index is 1.78. The predicted octanol–water partition coefficient (Wildman–Crippen LogP) is 2.32. The van der Waals surface area contributed by atoms with Crippen LogP contribution in [0.15, 0.2) is 23.1 Å². The van der Waals surface area contributed by atoms with Crippen LogP contribution < -0.4 is 0 Å². The summed E-state index contributed by atoms with van der Waals surface area (Å²) in [6.45, 7) is 2.62. The summed E-state index contributed by atoms with van der Waals surface area (Å²) < 4.78 is 5.13. The van der Waals surface area contributed by atoms with Crippen LogP contribution in [-0.4, -0.2) is 43.5 Å². The predicted molar refractivity (Wildman–Crippen MR) is 78.9 cm³/mol. The van der Waals surface area contributed by atoms with Gasteiger partial charge in [-0.1, -0.05) is 24.4 Å². The normalized spacial score (nSPS) is 15.7. The monoisotopic (exact) mass is 301 g/mol. The van der Waals surface area contributed by atoms with Crippen LogP contribution in [0.5, 0.6) is 0 Å². The summed E-state index contributed by atoms with van der Waals surface area (Å²) in [5.41, 5.74) is 0.492. The Morgan fingerprint density at radius 2 is 2.14 bits per heavy atom. The van der Waals surface area contributed by atoms with Gasteiger partial charge < -0.3 is 9.42 Å². The fourth-order valence-corrected chi connectivity index (χ4v) is 2.91. The molecule has 0 bridgehead atoms. The van der Waals surface area contributed by atoms with Gasteiger partial charge in [-0.15, -0.1) is 0 Å². The van der Waals surface area contributed by atoms with Crippen molar-refractivity contribution < 1.29 is 9.32 Å². The summed E-state index contributed by atoms with van der Waals surface area (Å²) in [5.74, 6) is 0.112. The van der Waals surface area contributed by atoms with E-state index in [1.807, 2.05) is 11.8 Å². The quantitative estimate of drug-likeness (QED) is 0.861. The zero-order chi connectivity index (χ0) is 15.4. The van der Waals surface area contributed by atoms with Crippen molar-refractivity contribution in [3.05, 3.63) is 24.5 Å². The van der Waals surface area contributed by atoms with Crippen LogP contribution in [0.4, 0.5) is 0 Å². The van der Waals surface area contributed by atoms with E-state index in [-0.39, 0.29) is 23.7 Å². The molecule has 1 aliphatic carbocycles. The first-order valence-corrected chi connectivity index (χ1v) is 7.70. The zero-order valence-electron chi connectivity index (χ0n) is 12.6. The van der Waals surface area contributed by atoms with Gasteiger partial charge in [0.2, 0.25) is 5.82 Å². The smallest absolute Gasteiger partial charge is 0.316 e. The first-order chi connectivity index (χ1) is 10.8. The van der Waals surface area contributed by atoms with E-state index in [4.69, 9.17) is 4.52 Å². The van der Waals surface area contributed by atoms with Crippen LogP contribution in [0.2, 0.25) is 0 Å². The molecule has 0 unspecified atom stereocenters. The lowest BCUT2D eigenvalue weighted by Gasteiger charge is -2.32. The third-order valence-corrected chi connectivity index (χ3v) is 4.02. The molecule has 0 aliphatic heterocycles. The van der Waals surface area contributed by atoms with Gasteiger partial charge in [0.05, 0.1) is 6.20 Å². The number of carbonyl (C=O) groups excluding carboxylic acids is 1. The van der Waals surface area contributed by atoms with Crippen LogP contribution in [0.1, 0.15) is 49.7 Å². The summed E-state index contributed by atoms with van der Waals surface area (Å²) in [6, 6.07) is 0.276. The van der Waals surface area contributed by atoms with Crippen molar-refractivity contribution in [3.8, 4) is 11.5 Å². The summed E-state index contributed by atoms with van der Waals surface area (Å²) >= 11 is 0. The van der Waals surface area contributed by atoms with Crippen molar-refractivity contribution in [1.82, 2.24) is 25.0 Å². The minimum Gasteiger partial charge on any atom is -0.332 e. The van der Waals surface area contributed by atoms with Gasteiger partial charge in [-0.25, -0.2) is 4.98 Å². The summed E-state index contributed by atoms with van der Waals surface area (Å²) in [5, 5.41) is 3.83. The van der Waals surface area contributed by atoms with Crippen LogP contribution in [0.25, 0.3) is 11.5 Å². The van der Waals surface area contributed by atoms with Crippen LogP contribution in [0, 0.1) is 0 Å². The molecular formula is C15H19N5O2. The molecule has 2 aromatic heterocycles. The number of hydrogen-bond donors (Lipinski definition) is 0. The Hall–Kier alpha value is -2.31. The van der Waals surface area contributed by atoms with E-state index in [0.717, 1.165) is 12.8 Å². The van der Waals surface area contributed by atoms with E-state index < -0.39 is 0 Å². The molecular weight excluding hydrogens is 282 g/mol.